The number of anilines is 1. The number of allylic oxidation sites excluding steroid dienone is 2. The van der Waals surface area contributed by atoms with Gasteiger partial charge in [-0.2, -0.15) is 0 Å². The highest BCUT2D eigenvalue weighted by Crippen LogP contribution is 2.48. The van der Waals surface area contributed by atoms with E-state index in [9.17, 15) is 19.1 Å². The van der Waals surface area contributed by atoms with Crippen molar-refractivity contribution in [1.29, 1.82) is 0 Å². The summed E-state index contributed by atoms with van der Waals surface area (Å²) >= 11 is 3.14. The third-order valence-corrected chi connectivity index (χ3v) is 4.73. The second-order valence-electron chi connectivity index (χ2n) is 5.45. The number of amides is 1. The molecule has 4 nitrogen and oxygen atoms in total. The van der Waals surface area contributed by atoms with Crippen LogP contribution < -0.4 is 5.32 Å². The van der Waals surface area contributed by atoms with Crippen molar-refractivity contribution in [2.75, 3.05) is 5.32 Å². The molecule has 2 aliphatic rings. The largest absolute Gasteiger partial charge is 0.481 e. The number of hydrogen-bond donors (Lipinski definition) is 2. The van der Waals surface area contributed by atoms with E-state index in [1.54, 1.807) is 6.07 Å². The van der Waals surface area contributed by atoms with Gasteiger partial charge in [0.1, 0.15) is 5.82 Å². The molecule has 0 heterocycles. The lowest BCUT2D eigenvalue weighted by Crippen LogP contribution is -2.36. The molecule has 4 atom stereocenters. The molecule has 1 fully saturated rings. The first-order chi connectivity index (χ1) is 9.97. The van der Waals surface area contributed by atoms with Gasteiger partial charge in [-0.3, -0.25) is 9.59 Å². The molecule has 2 bridgehead atoms. The summed E-state index contributed by atoms with van der Waals surface area (Å²) in [5.74, 6) is -3.49. The van der Waals surface area contributed by atoms with Crippen molar-refractivity contribution >= 4 is 33.5 Å². The van der Waals surface area contributed by atoms with Crippen molar-refractivity contribution in [3.05, 3.63) is 40.6 Å². The highest BCUT2D eigenvalue weighted by molar-refractivity contribution is 9.10. The van der Waals surface area contributed by atoms with Crippen molar-refractivity contribution in [3.8, 4) is 0 Å². The van der Waals surface area contributed by atoms with Crippen LogP contribution in [0.3, 0.4) is 0 Å². The van der Waals surface area contributed by atoms with Crippen LogP contribution >= 0.6 is 15.9 Å². The monoisotopic (exact) mass is 353 g/mol. The lowest BCUT2D eigenvalue weighted by atomic mass is 9.82. The zero-order valence-electron chi connectivity index (χ0n) is 10.9. The van der Waals surface area contributed by atoms with Gasteiger partial charge in [-0.1, -0.05) is 28.1 Å². The Morgan fingerprint density at radius 1 is 1.24 bits per heavy atom. The number of hydrogen-bond acceptors (Lipinski definition) is 2. The summed E-state index contributed by atoms with van der Waals surface area (Å²) in [7, 11) is 0. The van der Waals surface area contributed by atoms with Crippen molar-refractivity contribution in [2.24, 2.45) is 23.7 Å². The Balaban J connectivity index is 1.82. The summed E-state index contributed by atoms with van der Waals surface area (Å²) in [6.07, 6.45) is 4.44. The molecular formula is C15H13BrFNO3. The Hall–Kier alpha value is -1.69. The number of nitrogens with one attached hydrogen (secondary N) is 1. The van der Waals surface area contributed by atoms with E-state index in [0.717, 1.165) is 0 Å². The average Bonchev–Trinajstić information content (AvgIpc) is 3.02. The normalized spacial score (nSPS) is 29.6. The maximum Gasteiger partial charge on any atom is 0.307 e. The summed E-state index contributed by atoms with van der Waals surface area (Å²) in [4.78, 5) is 23.7. The van der Waals surface area contributed by atoms with Gasteiger partial charge in [0.15, 0.2) is 0 Å². The predicted octanol–water partition coefficient (Wildman–Crippen LogP) is 3.05. The van der Waals surface area contributed by atoms with Crippen molar-refractivity contribution in [3.63, 3.8) is 0 Å². The van der Waals surface area contributed by atoms with Gasteiger partial charge in [0.25, 0.3) is 0 Å². The first-order valence-corrected chi connectivity index (χ1v) is 7.43. The van der Waals surface area contributed by atoms with E-state index in [1.165, 1.54) is 12.1 Å². The maximum absolute atomic E-state index is 13.8. The minimum absolute atomic E-state index is 0.0686. The van der Waals surface area contributed by atoms with E-state index in [2.05, 4.69) is 21.2 Å². The number of rotatable bonds is 3. The predicted molar refractivity (Wildman–Crippen MR) is 78.1 cm³/mol. The van der Waals surface area contributed by atoms with Gasteiger partial charge in [0.2, 0.25) is 5.91 Å². The van der Waals surface area contributed by atoms with Crippen LogP contribution in [0.2, 0.25) is 0 Å². The summed E-state index contributed by atoms with van der Waals surface area (Å²) in [6.45, 7) is 0. The van der Waals surface area contributed by atoms with Crippen molar-refractivity contribution < 1.29 is 19.1 Å². The molecule has 0 saturated heterocycles. The molecule has 2 N–H and O–H groups in total. The van der Waals surface area contributed by atoms with E-state index >= 15 is 0 Å². The fraction of sp³-hybridized carbons (Fsp3) is 0.333. The first-order valence-electron chi connectivity index (χ1n) is 6.64. The quantitative estimate of drug-likeness (QED) is 0.820. The standard InChI is InChI=1S/C15H13BrFNO3/c16-9-3-4-11(10(17)6-9)18-14(19)12-7-1-2-8(5-7)13(12)15(20)21/h1-4,6-8,12-13H,5H2,(H,18,19)(H,20,21)/t7-,8+,12-,13+/m0/s1. The molecule has 1 aromatic carbocycles. The molecule has 2 aliphatic carbocycles. The third-order valence-electron chi connectivity index (χ3n) is 4.24. The lowest BCUT2D eigenvalue weighted by molar-refractivity contribution is -0.146. The van der Waals surface area contributed by atoms with Crippen LogP contribution in [0, 0.1) is 29.5 Å². The van der Waals surface area contributed by atoms with Crippen LogP contribution in [0.1, 0.15) is 6.42 Å². The minimum Gasteiger partial charge on any atom is -0.481 e. The number of carboxylic acid groups (broad SMARTS) is 1. The second kappa shape index (κ2) is 5.26. The average molecular weight is 354 g/mol. The number of carbonyl (C=O) groups is 2. The third kappa shape index (κ3) is 2.48. The van der Waals surface area contributed by atoms with Crippen LogP contribution in [0.5, 0.6) is 0 Å². The summed E-state index contributed by atoms with van der Waals surface area (Å²) in [5.41, 5.74) is 0.0686. The Labute approximate surface area is 129 Å². The van der Waals surface area contributed by atoms with Gasteiger partial charge in [0, 0.05) is 4.47 Å². The number of carboxylic acids is 1. The Morgan fingerprint density at radius 2 is 1.90 bits per heavy atom. The lowest BCUT2D eigenvalue weighted by Gasteiger charge is -2.23. The molecule has 1 aromatic rings. The molecule has 21 heavy (non-hydrogen) atoms. The Bertz CT molecular complexity index is 646. The van der Waals surface area contributed by atoms with Crippen LogP contribution in [0.15, 0.2) is 34.8 Å². The van der Waals surface area contributed by atoms with Crippen LogP contribution in [-0.4, -0.2) is 17.0 Å². The molecule has 0 aromatic heterocycles. The topological polar surface area (TPSA) is 66.4 Å². The van der Waals surface area contributed by atoms with Gasteiger partial charge in [0.05, 0.1) is 17.5 Å². The number of aliphatic carboxylic acids is 1. The molecule has 1 saturated carbocycles. The molecule has 3 rings (SSSR count). The van der Waals surface area contributed by atoms with E-state index in [0.29, 0.717) is 10.9 Å². The molecule has 1 amide bonds. The zero-order chi connectivity index (χ0) is 15.1. The number of benzene rings is 1. The second-order valence-corrected chi connectivity index (χ2v) is 6.37. The van der Waals surface area contributed by atoms with Crippen molar-refractivity contribution in [2.45, 2.75) is 6.42 Å². The SMILES string of the molecule is O=C(Nc1ccc(Br)cc1F)[C@@H]1[C@H](C(=O)O)[C@@H]2C=C[C@H]1C2. The number of fused-ring (bicyclic) bond motifs is 2. The molecule has 110 valence electrons. The highest BCUT2D eigenvalue weighted by Gasteiger charge is 2.51. The van der Waals surface area contributed by atoms with E-state index < -0.39 is 29.5 Å². The maximum atomic E-state index is 13.8. The molecule has 0 radical (unpaired) electrons. The molecular weight excluding hydrogens is 341 g/mol. The van der Waals surface area contributed by atoms with Crippen LogP contribution in [0.25, 0.3) is 0 Å². The smallest absolute Gasteiger partial charge is 0.307 e. The van der Waals surface area contributed by atoms with Gasteiger partial charge in [-0.05, 0) is 36.5 Å². The van der Waals surface area contributed by atoms with Crippen LogP contribution in [-0.2, 0) is 9.59 Å². The van der Waals surface area contributed by atoms with Gasteiger partial charge in [-0.15, -0.1) is 0 Å². The van der Waals surface area contributed by atoms with Crippen molar-refractivity contribution in [1.82, 2.24) is 0 Å². The van der Waals surface area contributed by atoms with E-state index in [-0.39, 0.29) is 17.5 Å². The molecule has 0 spiro atoms. The summed E-state index contributed by atoms with van der Waals surface area (Å²) < 4.78 is 14.3. The Kier molecular flexibility index (Phi) is 3.57. The first kappa shape index (κ1) is 14.3. The minimum atomic E-state index is -0.969. The summed E-state index contributed by atoms with van der Waals surface area (Å²) in [5, 5.41) is 11.8. The van der Waals surface area contributed by atoms with Gasteiger partial charge in [-0.25, -0.2) is 4.39 Å². The van der Waals surface area contributed by atoms with E-state index in [1.807, 2.05) is 12.2 Å². The fourth-order valence-electron chi connectivity index (χ4n) is 3.32. The van der Waals surface area contributed by atoms with Gasteiger partial charge >= 0.3 is 5.97 Å². The molecule has 6 heteroatoms. The van der Waals surface area contributed by atoms with Gasteiger partial charge < -0.3 is 10.4 Å². The fourth-order valence-corrected chi connectivity index (χ4v) is 3.66. The molecule has 0 unspecified atom stereocenters. The van der Waals surface area contributed by atoms with E-state index in [4.69, 9.17) is 0 Å². The number of halogens is 2. The molecule has 0 aliphatic heterocycles. The zero-order valence-corrected chi connectivity index (χ0v) is 12.5. The Morgan fingerprint density at radius 3 is 2.52 bits per heavy atom. The highest BCUT2D eigenvalue weighted by atomic mass is 79.9. The summed E-state index contributed by atoms with van der Waals surface area (Å²) in [6, 6.07) is 4.33. The number of carbonyl (C=O) groups excluding carboxylic acids is 1. The van der Waals surface area contributed by atoms with Crippen LogP contribution in [0.4, 0.5) is 10.1 Å².